The van der Waals surface area contributed by atoms with Crippen LogP contribution in [0.25, 0.3) is 0 Å². The molecule has 7 nitrogen and oxygen atoms in total. The van der Waals surface area contributed by atoms with E-state index in [0.717, 1.165) is 43.4 Å². The van der Waals surface area contributed by atoms with E-state index in [-0.39, 0.29) is 17.9 Å². The van der Waals surface area contributed by atoms with E-state index < -0.39 is 0 Å². The van der Waals surface area contributed by atoms with Crippen molar-refractivity contribution in [3.8, 4) is 0 Å². The largest absolute Gasteiger partial charge is 0.346 e. The molecule has 130 valence electrons. The molecule has 8 heteroatoms. The van der Waals surface area contributed by atoms with Gasteiger partial charge in [0, 0.05) is 31.6 Å². The Labute approximate surface area is 146 Å². The third kappa shape index (κ3) is 3.58. The van der Waals surface area contributed by atoms with Crippen LogP contribution in [0, 0.1) is 12.8 Å². The number of aryl methyl sites for hydroxylation is 1. The van der Waals surface area contributed by atoms with Crippen LogP contribution in [0.1, 0.15) is 32.0 Å². The van der Waals surface area contributed by atoms with Crippen molar-refractivity contribution >= 4 is 22.4 Å². The van der Waals surface area contributed by atoms with Crippen LogP contribution in [-0.2, 0) is 4.79 Å². The van der Waals surface area contributed by atoms with Crippen molar-refractivity contribution in [2.24, 2.45) is 5.92 Å². The topological polar surface area (TPSA) is 67.2 Å². The van der Waals surface area contributed by atoms with Crippen molar-refractivity contribution in [2.75, 3.05) is 31.1 Å². The minimum Gasteiger partial charge on any atom is -0.346 e. The Bertz CT molecular complexity index is 668. The number of aromatic nitrogens is 4. The van der Waals surface area contributed by atoms with Crippen molar-refractivity contribution in [1.29, 1.82) is 0 Å². The molecule has 2 aromatic heterocycles. The molecular weight excluding hydrogens is 324 g/mol. The third-order valence-corrected chi connectivity index (χ3v) is 5.31. The lowest BCUT2D eigenvalue weighted by atomic mass is 10.0. The predicted molar refractivity (Wildman–Crippen MR) is 94.2 cm³/mol. The van der Waals surface area contributed by atoms with E-state index >= 15 is 0 Å². The summed E-state index contributed by atoms with van der Waals surface area (Å²) in [6.07, 6.45) is 4.06. The molecule has 0 bridgehead atoms. The Balaban J connectivity index is 1.69. The summed E-state index contributed by atoms with van der Waals surface area (Å²) in [5.74, 6) is 0.299. The van der Waals surface area contributed by atoms with Crippen LogP contribution in [0.3, 0.4) is 0 Å². The Kier molecular flexibility index (Phi) is 5.13. The van der Waals surface area contributed by atoms with Crippen molar-refractivity contribution in [3.05, 3.63) is 23.7 Å². The number of carbonyl (C=O) groups excluding carboxylic acids is 1. The average molecular weight is 348 g/mol. The van der Waals surface area contributed by atoms with Gasteiger partial charge in [-0.15, -0.1) is 11.3 Å². The molecule has 0 spiro atoms. The zero-order chi connectivity index (χ0) is 17.1. The van der Waals surface area contributed by atoms with E-state index in [1.807, 2.05) is 25.7 Å². The van der Waals surface area contributed by atoms with Crippen molar-refractivity contribution in [2.45, 2.75) is 33.2 Å². The van der Waals surface area contributed by atoms with E-state index in [4.69, 9.17) is 0 Å². The van der Waals surface area contributed by atoms with Gasteiger partial charge >= 0.3 is 0 Å². The summed E-state index contributed by atoms with van der Waals surface area (Å²) in [6.45, 7) is 9.36. The monoisotopic (exact) mass is 348 g/mol. The minimum absolute atomic E-state index is 0.132. The first kappa shape index (κ1) is 16.9. The molecule has 1 aliphatic heterocycles. The molecule has 0 saturated carbocycles. The summed E-state index contributed by atoms with van der Waals surface area (Å²) in [7, 11) is 0. The van der Waals surface area contributed by atoms with Gasteiger partial charge in [0.15, 0.2) is 5.13 Å². The highest BCUT2D eigenvalue weighted by molar-refractivity contribution is 7.13. The molecule has 24 heavy (non-hydrogen) atoms. The minimum atomic E-state index is -0.291. The van der Waals surface area contributed by atoms with Gasteiger partial charge in [-0.05, 0) is 19.3 Å². The molecule has 0 aliphatic carbocycles. The van der Waals surface area contributed by atoms with Gasteiger partial charge in [0.2, 0.25) is 5.91 Å². The van der Waals surface area contributed by atoms with Crippen molar-refractivity contribution < 1.29 is 4.79 Å². The molecule has 1 fully saturated rings. The Morgan fingerprint density at radius 3 is 2.71 bits per heavy atom. The molecule has 0 unspecified atom stereocenters. The van der Waals surface area contributed by atoms with Gasteiger partial charge in [0.25, 0.3) is 0 Å². The fraction of sp³-hybridized carbons (Fsp3) is 0.625. The number of carbonyl (C=O) groups is 1. The maximum atomic E-state index is 13.0. The van der Waals surface area contributed by atoms with Gasteiger partial charge in [-0.25, -0.2) is 14.6 Å². The fourth-order valence-electron chi connectivity index (χ4n) is 3.07. The van der Waals surface area contributed by atoms with E-state index in [2.05, 4.69) is 25.3 Å². The molecule has 1 saturated heterocycles. The highest BCUT2D eigenvalue weighted by atomic mass is 32.1. The van der Waals surface area contributed by atoms with E-state index in [0.29, 0.717) is 0 Å². The maximum absolute atomic E-state index is 13.0. The zero-order valence-corrected chi connectivity index (χ0v) is 15.2. The number of hydrogen-bond acceptors (Lipinski definition) is 6. The van der Waals surface area contributed by atoms with Crippen LogP contribution in [0.4, 0.5) is 5.13 Å². The lowest BCUT2D eigenvalue weighted by Crippen LogP contribution is -2.41. The highest BCUT2D eigenvalue weighted by Crippen LogP contribution is 2.24. The molecule has 3 rings (SSSR count). The SMILES string of the molecule is Cc1csc(N2CCCN(C(=O)[C@H](C(C)C)n3cncn3)CC2)n1. The van der Waals surface area contributed by atoms with Gasteiger partial charge in [0.05, 0.1) is 5.69 Å². The van der Waals surface area contributed by atoms with Crippen molar-refractivity contribution in [3.63, 3.8) is 0 Å². The molecule has 1 amide bonds. The van der Waals surface area contributed by atoms with Gasteiger partial charge in [-0.1, -0.05) is 13.8 Å². The fourth-order valence-corrected chi connectivity index (χ4v) is 3.92. The zero-order valence-electron chi connectivity index (χ0n) is 14.4. The number of amides is 1. The second-order valence-corrected chi connectivity index (χ2v) is 7.34. The Hall–Kier alpha value is -1.96. The lowest BCUT2D eigenvalue weighted by molar-refractivity contribution is -0.136. The van der Waals surface area contributed by atoms with Crippen molar-refractivity contribution in [1.82, 2.24) is 24.6 Å². The second-order valence-electron chi connectivity index (χ2n) is 6.50. The first-order chi connectivity index (χ1) is 11.6. The van der Waals surface area contributed by atoms with E-state index in [9.17, 15) is 4.79 Å². The molecule has 3 heterocycles. The average Bonchev–Trinajstić information content (AvgIpc) is 3.14. The summed E-state index contributed by atoms with van der Waals surface area (Å²) in [5, 5.41) is 7.31. The quantitative estimate of drug-likeness (QED) is 0.845. The summed E-state index contributed by atoms with van der Waals surface area (Å²) in [4.78, 5) is 25.9. The normalized spacial score (nSPS) is 17.2. The summed E-state index contributed by atoms with van der Waals surface area (Å²) in [6, 6.07) is -0.291. The van der Waals surface area contributed by atoms with E-state index in [1.165, 1.54) is 6.33 Å². The van der Waals surface area contributed by atoms with E-state index in [1.54, 1.807) is 22.3 Å². The highest BCUT2D eigenvalue weighted by Gasteiger charge is 2.30. The standard InChI is InChI=1S/C16H24N6OS/c1-12(2)14(22-11-17-10-18-22)15(23)20-5-4-6-21(8-7-20)16-19-13(3)9-24-16/h9-12,14H,4-8H2,1-3H3/t14-/m0/s1. The number of thiazole rings is 1. The first-order valence-corrected chi connectivity index (χ1v) is 9.24. The summed E-state index contributed by atoms with van der Waals surface area (Å²) < 4.78 is 1.68. The third-order valence-electron chi connectivity index (χ3n) is 4.29. The Morgan fingerprint density at radius 1 is 1.25 bits per heavy atom. The molecule has 1 atom stereocenters. The van der Waals surface area contributed by atoms with Crippen LogP contribution in [0.15, 0.2) is 18.0 Å². The van der Waals surface area contributed by atoms with Gasteiger partial charge in [-0.3, -0.25) is 4.79 Å². The number of nitrogens with zero attached hydrogens (tertiary/aromatic N) is 6. The number of hydrogen-bond donors (Lipinski definition) is 0. The molecule has 0 radical (unpaired) electrons. The Morgan fingerprint density at radius 2 is 2.08 bits per heavy atom. The molecular formula is C16H24N6OS. The smallest absolute Gasteiger partial charge is 0.247 e. The van der Waals surface area contributed by atoms with Gasteiger partial charge < -0.3 is 9.80 Å². The lowest BCUT2D eigenvalue weighted by Gasteiger charge is -2.28. The van der Waals surface area contributed by atoms with Crippen LogP contribution < -0.4 is 4.90 Å². The van der Waals surface area contributed by atoms with Crippen LogP contribution in [0.2, 0.25) is 0 Å². The summed E-state index contributed by atoms with van der Waals surface area (Å²) >= 11 is 1.67. The number of anilines is 1. The maximum Gasteiger partial charge on any atom is 0.247 e. The molecule has 0 N–H and O–H groups in total. The van der Waals surface area contributed by atoms with Crippen LogP contribution in [0.5, 0.6) is 0 Å². The first-order valence-electron chi connectivity index (χ1n) is 8.36. The second kappa shape index (κ2) is 7.29. The number of rotatable bonds is 4. The van der Waals surface area contributed by atoms with Crippen LogP contribution >= 0.6 is 11.3 Å². The summed E-state index contributed by atoms with van der Waals surface area (Å²) in [5.41, 5.74) is 1.05. The molecule has 2 aromatic rings. The van der Waals surface area contributed by atoms with Crippen LogP contribution in [-0.4, -0.2) is 56.7 Å². The van der Waals surface area contributed by atoms with Gasteiger partial charge in [-0.2, -0.15) is 5.10 Å². The molecule has 0 aromatic carbocycles. The molecule has 1 aliphatic rings. The van der Waals surface area contributed by atoms with Gasteiger partial charge in [0.1, 0.15) is 18.7 Å². The predicted octanol–water partition coefficient (Wildman–Crippen LogP) is 1.98.